The van der Waals surface area contributed by atoms with E-state index < -0.39 is 14.9 Å². The van der Waals surface area contributed by atoms with Crippen molar-refractivity contribution in [1.29, 1.82) is 0 Å². The molecule has 1 amide bonds. The topological polar surface area (TPSA) is 130 Å². The number of benzene rings is 2. The summed E-state index contributed by atoms with van der Waals surface area (Å²) in [6.45, 7) is 2.54. The molecule has 0 unspecified atom stereocenters. The van der Waals surface area contributed by atoms with E-state index in [9.17, 15) is 28.4 Å². The molecule has 2 N–H and O–H groups in total. The molecule has 3 aromatic rings. The summed E-state index contributed by atoms with van der Waals surface area (Å²) in [5.41, 5.74) is 0.872. The second kappa shape index (κ2) is 8.83. The number of hydrogen-bond donors (Lipinski definition) is 2. The molecule has 1 atom stereocenters. The lowest BCUT2D eigenvalue weighted by molar-refractivity contribution is -0.385. The second-order valence-corrected chi connectivity index (χ2v) is 10.2. The molecule has 0 saturated carbocycles. The number of anilines is 1. The number of fused-ring (bicyclic) bond motifs is 1. The summed E-state index contributed by atoms with van der Waals surface area (Å²) in [6.07, 6.45) is 1.48. The highest BCUT2D eigenvalue weighted by molar-refractivity contribution is 7.92. The predicted molar refractivity (Wildman–Crippen MR) is 124 cm³/mol. The van der Waals surface area contributed by atoms with Crippen molar-refractivity contribution < 1.29 is 23.2 Å². The number of thiophene rings is 1. The molecule has 0 bridgehead atoms. The van der Waals surface area contributed by atoms with Crippen LogP contribution in [0.5, 0.6) is 5.75 Å². The predicted octanol–water partition coefficient (Wildman–Crippen LogP) is 4.31. The van der Waals surface area contributed by atoms with Crippen LogP contribution in [0.25, 0.3) is 0 Å². The smallest absolute Gasteiger partial charge is 0.270 e. The summed E-state index contributed by atoms with van der Waals surface area (Å²) >= 11 is 1.68. The molecule has 11 heteroatoms. The zero-order chi connectivity index (χ0) is 23.8. The lowest BCUT2D eigenvalue weighted by Gasteiger charge is -2.35. The Labute approximate surface area is 194 Å². The van der Waals surface area contributed by atoms with E-state index in [1.165, 1.54) is 35.2 Å². The van der Waals surface area contributed by atoms with E-state index in [2.05, 4.69) is 4.72 Å². The fourth-order valence-electron chi connectivity index (χ4n) is 3.99. The van der Waals surface area contributed by atoms with Crippen LogP contribution in [0.4, 0.5) is 11.4 Å². The minimum absolute atomic E-state index is 0.0290. The molecule has 33 heavy (non-hydrogen) atoms. The summed E-state index contributed by atoms with van der Waals surface area (Å²) in [6, 6.07) is 10.5. The Morgan fingerprint density at radius 1 is 1.27 bits per heavy atom. The van der Waals surface area contributed by atoms with Gasteiger partial charge in [-0.1, -0.05) is 13.0 Å². The average Bonchev–Trinajstić information content (AvgIpc) is 3.27. The van der Waals surface area contributed by atoms with E-state index >= 15 is 0 Å². The molecular formula is C22H21N3O6S2. The van der Waals surface area contributed by atoms with Gasteiger partial charge in [-0.05, 0) is 48.1 Å². The molecule has 1 aliphatic heterocycles. The number of nitrogens with zero attached hydrogens (tertiary/aromatic N) is 2. The maximum atomic E-state index is 13.2. The number of aromatic hydroxyl groups is 1. The maximum absolute atomic E-state index is 13.2. The first-order chi connectivity index (χ1) is 15.7. The van der Waals surface area contributed by atoms with Gasteiger partial charge in [-0.3, -0.25) is 19.6 Å². The molecule has 0 radical (unpaired) electrons. The molecule has 9 nitrogen and oxygen atoms in total. The van der Waals surface area contributed by atoms with Gasteiger partial charge in [-0.15, -0.1) is 11.3 Å². The molecule has 0 fully saturated rings. The van der Waals surface area contributed by atoms with Crippen molar-refractivity contribution in [2.75, 3.05) is 11.3 Å². The summed E-state index contributed by atoms with van der Waals surface area (Å²) in [5, 5.41) is 23.5. The summed E-state index contributed by atoms with van der Waals surface area (Å²) < 4.78 is 27.6. The van der Waals surface area contributed by atoms with Crippen molar-refractivity contribution in [2.24, 2.45) is 0 Å². The third-order valence-electron chi connectivity index (χ3n) is 5.56. The van der Waals surface area contributed by atoms with Crippen molar-refractivity contribution >= 4 is 38.6 Å². The van der Waals surface area contributed by atoms with Gasteiger partial charge in [-0.25, -0.2) is 8.42 Å². The molecule has 1 aromatic heterocycles. The monoisotopic (exact) mass is 487 g/mol. The van der Waals surface area contributed by atoms with Gasteiger partial charge in [0.15, 0.2) is 0 Å². The molecule has 1 aliphatic rings. The Morgan fingerprint density at radius 3 is 2.76 bits per heavy atom. The van der Waals surface area contributed by atoms with Gasteiger partial charge in [0.05, 0.1) is 27.1 Å². The number of carbonyl (C=O) groups excluding carboxylic acids is 1. The molecular weight excluding hydrogens is 466 g/mol. The highest BCUT2D eigenvalue weighted by atomic mass is 32.2. The van der Waals surface area contributed by atoms with E-state index in [0.717, 1.165) is 30.5 Å². The van der Waals surface area contributed by atoms with Crippen molar-refractivity contribution in [1.82, 2.24) is 4.90 Å². The second-order valence-electron chi connectivity index (χ2n) is 7.56. The van der Waals surface area contributed by atoms with Crippen molar-refractivity contribution in [3.8, 4) is 5.75 Å². The Balaban J connectivity index is 1.57. The van der Waals surface area contributed by atoms with Crippen LogP contribution in [0.15, 0.2) is 58.8 Å². The number of phenolic OH excluding ortho intramolecular Hbond substituents is 1. The van der Waals surface area contributed by atoms with Crippen LogP contribution < -0.4 is 4.72 Å². The molecule has 0 aliphatic carbocycles. The van der Waals surface area contributed by atoms with Crippen molar-refractivity contribution in [3.05, 3.63) is 80.0 Å². The largest absolute Gasteiger partial charge is 0.507 e. The zero-order valence-electron chi connectivity index (χ0n) is 17.6. The molecule has 2 aromatic carbocycles. The number of carbonyl (C=O) groups is 1. The lowest BCUT2D eigenvalue weighted by Crippen LogP contribution is -2.39. The van der Waals surface area contributed by atoms with Crippen LogP contribution in [-0.4, -0.2) is 35.8 Å². The van der Waals surface area contributed by atoms with Crippen LogP contribution >= 0.6 is 11.3 Å². The number of non-ortho nitro benzene ring substituents is 1. The average molecular weight is 488 g/mol. The Hall–Kier alpha value is -3.44. The van der Waals surface area contributed by atoms with E-state index in [0.29, 0.717) is 6.54 Å². The van der Waals surface area contributed by atoms with E-state index in [4.69, 9.17) is 0 Å². The van der Waals surface area contributed by atoms with Crippen LogP contribution in [0.3, 0.4) is 0 Å². The number of rotatable bonds is 6. The van der Waals surface area contributed by atoms with Gasteiger partial charge in [0.1, 0.15) is 5.75 Å². The van der Waals surface area contributed by atoms with Gasteiger partial charge >= 0.3 is 0 Å². The zero-order valence-corrected chi connectivity index (χ0v) is 19.2. The lowest BCUT2D eigenvalue weighted by atomic mass is 9.96. The number of hydrogen-bond acceptors (Lipinski definition) is 7. The van der Waals surface area contributed by atoms with E-state index in [-0.39, 0.29) is 39.5 Å². The number of nitro groups is 1. The van der Waals surface area contributed by atoms with Crippen molar-refractivity contribution in [3.63, 3.8) is 0 Å². The third-order valence-corrected chi connectivity index (χ3v) is 7.94. The number of amides is 1. The Kier molecular flexibility index (Phi) is 6.09. The van der Waals surface area contributed by atoms with Crippen LogP contribution in [0.2, 0.25) is 0 Å². The minimum atomic E-state index is -4.14. The van der Waals surface area contributed by atoms with Crippen molar-refractivity contribution in [2.45, 2.75) is 30.7 Å². The highest BCUT2D eigenvalue weighted by Gasteiger charge is 2.32. The third kappa shape index (κ3) is 4.41. The number of phenols is 1. The minimum Gasteiger partial charge on any atom is -0.507 e. The summed E-state index contributed by atoms with van der Waals surface area (Å²) in [5.74, 6) is -0.686. The van der Waals surface area contributed by atoms with Gasteiger partial charge in [0.2, 0.25) is 0 Å². The van der Waals surface area contributed by atoms with Crippen LogP contribution in [0.1, 0.15) is 40.2 Å². The molecule has 172 valence electrons. The van der Waals surface area contributed by atoms with Gasteiger partial charge in [0, 0.05) is 29.6 Å². The first-order valence-corrected chi connectivity index (χ1v) is 12.5. The van der Waals surface area contributed by atoms with Crippen LogP contribution in [0, 0.1) is 10.1 Å². The number of nitro benzene ring substituents is 1. The highest BCUT2D eigenvalue weighted by Crippen LogP contribution is 2.37. The first-order valence-electron chi connectivity index (χ1n) is 10.2. The SMILES string of the molecule is CC[C@H]1c2ccsc2CCN1C(=O)c1ccc(NS(=O)(=O)c2cccc([N+](=O)[O-])c2)cc1O. The van der Waals surface area contributed by atoms with Gasteiger partial charge < -0.3 is 10.0 Å². The number of sulfonamides is 1. The first kappa shape index (κ1) is 22.7. The fourth-order valence-corrected chi connectivity index (χ4v) is 6.01. The normalized spacial score (nSPS) is 15.7. The molecule has 0 spiro atoms. The van der Waals surface area contributed by atoms with Gasteiger partial charge in [-0.2, -0.15) is 0 Å². The molecule has 4 rings (SSSR count). The quantitative estimate of drug-likeness (QED) is 0.394. The van der Waals surface area contributed by atoms with Gasteiger partial charge in [0.25, 0.3) is 21.6 Å². The van der Waals surface area contributed by atoms with E-state index in [1.54, 1.807) is 16.2 Å². The van der Waals surface area contributed by atoms with Crippen LogP contribution in [-0.2, 0) is 16.4 Å². The van der Waals surface area contributed by atoms with E-state index in [1.807, 2.05) is 18.4 Å². The molecule has 2 heterocycles. The summed E-state index contributed by atoms with van der Waals surface area (Å²) in [4.78, 5) is 26.2. The summed E-state index contributed by atoms with van der Waals surface area (Å²) in [7, 11) is -4.14. The standard InChI is InChI=1S/C22H21N3O6S2/c1-2-19-17-9-11-32-21(17)8-10-24(19)22(27)18-7-6-14(12-20(18)26)23-33(30,31)16-5-3-4-15(13-16)25(28)29/h3-7,9,11-13,19,23,26H,2,8,10H2,1H3/t19-/m0/s1. The Morgan fingerprint density at radius 2 is 2.06 bits per heavy atom. The number of nitrogens with one attached hydrogen (secondary N) is 1. The Bertz CT molecular complexity index is 1340. The fraction of sp³-hybridized carbons (Fsp3) is 0.227. The maximum Gasteiger partial charge on any atom is 0.270 e. The molecule has 0 saturated heterocycles.